The lowest BCUT2D eigenvalue weighted by Gasteiger charge is -2.02. The van der Waals surface area contributed by atoms with Gasteiger partial charge in [0.2, 0.25) is 0 Å². The minimum absolute atomic E-state index is 0.0887. The minimum Gasteiger partial charge on any atom is -0.422 e. The Morgan fingerprint density at radius 3 is 2.45 bits per heavy atom. The van der Waals surface area contributed by atoms with E-state index in [1.54, 1.807) is 36.4 Å². The van der Waals surface area contributed by atoms with Gasteiger partial charge in [-0.15, -0.1) is 0 Å². The molecule has 2 aromatic carbocycles. The van der Waals surface area contributed by atoms with Crippen LogP contribution in [-0.4, -0.2) is 27.9 Å². The monoisotopic (exact) mass is 265 g/mol. The quantitative estimate of drug-likeness (QED) is 0.490. The van der Waals surface area contributed by atoms with Gasteiger partial charge in [-0.1, -0.05) is 42.5 Å². The molecule has 1 heterocycles. The lowest BCUT2D eigenvalue weighted by Crippen LogP contribution is -2.30. The molecule has 0 aliphatic rings. The summed E-state index contributed by atoms with van der Waals surface area (Å²) in [4.78, 5) is 15.4. The van der Waals surface area contributed by atoms with Crippen molar-refractivity contribution in [1.82, 2.24) is 4.98 Å². The first-order chi connectivity index (χ1) is 9.66. The lowest BCUT2D eigenvalue weighted by atomic mass is 9.86. The van der Waals surface area contributed by atoms with E-state index in [4.69, 9.17) is 0 Å². The van der Waals surface area contributed by atoms with E-state index in [-0.39, 0.29) is 11.4 Å². The zero-order chi connectivity index (χ0) is 14.1. The summed E-state index contributed by atoms with van der Waals surface area (Å²) in [5.41, 5.74) is 2.12. The third-order valence-corrected chi connectivity index (χ3v) is 3.24. The van der Waals surface area contributed by atoms with Crippen LogP contribution < -0.4 is 5.59 Å². The minimum atomic E-state index is -1.58. The van der Waals surface area contributed by atoms with Gasteiger partial charge in [0.05, 0.1) is 0 Å². The Morgan fingerprint density at radius 2 is 1.75 bits per heavy atom. The van der Waals surface area contributed by atoms with Crippen LogP contribution in [0.3, 0.4) is 0 Å². The largest absolute Gasteiger partial charge is 0.505 e. The van der Waals surface area contributed by atoms with Crippen molar-refractivity contribution in [3.8, 4) is 0 Å². The van der Waals surface area contributed by atoms with Gasteiger partial charge in [-0.3, -0.25) is 4.79 Å². The van der Waals surface area contributed by atoms with Crippen LogP contribution in [-0.2, 0) is 0 Å². The Labute approximate surface area is 115 Å². The average Bonchev–Trinajstić information content (AvgIpc) is 2.91. The molecular weight excluding hydrogens is 253 g/mol. The SMILES string of the molecule is O=C(c1ccccc1)c1cccc2[nH]c(B(O)O)cc12. The molecule has 0 amide bonds. The summed E-state index contributed by atoms with van der Waals surface area (Å²) >= 11 is 0. The van der Waals surface area contributed by atoms with Crippen molar-refractivity contribution >= 4 is 29.4 Å². The van der Waals surface area contributed by atoms with Crippen LogP contribution in [0.2, 0.25) is 0 Å². The molecule has 20 heavy (non-hydrogen) atoms. The zero-order valence-corrected chi connectivity index (χ0v) is 10.6. The van der Waals surface area contributed by atoms with Gasteiger partial charge >= 0.3 is 7.12 Å². The first kappa shape index (κ1) is 12.7. The highest BCUT2D eigenvalue weighted by molar-refractivity contribution is 6.58. The van der Waals surface area contributed by atoms with Crippen LogP contribution >= 0.6 is 0 Å². The normalized spacial score (nSPS) is 10.7. The van der Waals surface area contributed by atoms with E-state index in [0.29, 0.717) is 22.0 Å². The topological polar surface area (TPSA) is 73.3 Å². The number of hydrogen-bond acceptors (Lipinski definition) is 3. The maximum absolute atomic E-state index is 12.5. The van der Waals surface area contributed by atoms with Crippen LogP contribution in [0.4, 0.5) is 0 Å². The number of aromatic amines is 1. The fraction of sp³-hybridized carbons (Fsp3) is 0. The van der Waals surface area contributed by atoms with E-state index in [0.717, 1.165) is 0 Å². The molecule has 0 saturated carbocycles. The van der Waals surface area contributed by atoms with E-state index < -0.39 is 7.12 Å². The number of nitrogens with one attached hydrogen (secondary N) is 1. The summed E-state index contributed by atoms with van der Waals surface area (Å²) in [7, 11) is -1.58. The Balaban J connectivity index is 2.14. The van der Waals surface area contributed by atoms with Gasteiger partial charge in [-0.25, -0.2) is 0 Å². The van der Waals surface area contributed by atoms with Crippen molar-refractivity contribution in [2.24, 2.45) is 0 Å². The molecule has 0 atom stereocenters. The maximum Gasteiger partial charge on any atom is 0.505 e. The third kappa shape index (κ3) is 2.13. The number of rotatable bonds is 3. The maximum atomic E-state index is 12.5. The second kappa shape index (κ2) is 4.96. The van der Waals surface area contributed by atoms with E-state index >= 15 is 0 Å². The van der Waals surface area contributed by atoms with E-state index in [2.05, 4.69) is 4.98 Å². The first-order valence-corrected chi connectivity index (χ1v) is 6.24. The smallest absolute Gasteiger partial charge is 0.422 e. The molecule has 0 radical (unpaired) electrons. The van der Waals surface area contributed by atoms with Gasteiger partial charge in [-0.2, -0.15) is 0 Å². The molecule has 3 N–H and O–H groups in total. The summed E-state index contributed by atoms with van der Waals surface area (Å²) in [6.07, 6.45) is 0. The Morgan fingerprint density at radius 1 is 1.00 bits per heavy atom. The summed E-state index contributed by atoms with van der Waals surface area (Å²) in [5.74, 6) is -0.0887. The number of carbonyl (C=O) groups is 1. The van der Waals surface area contributed by atoms with Gasteiger partial charge in [0.25, 0.3) is 0 Å². The molecule has 5 heteroatoms. The Bertz CT molecular complexity index is 765. The number of fused-ring (bicyclic) bond motifs is 1. The molecule has 3 aromatic rings. The molecule has 0 saturated heterocycles. The fourth-order valence-electron chi connectivity index (χ4n) is 2.26. The van der Waals surface area contributed by atoms with Gasteiger partial charge in [0, 0.05) is 27.6 Å². The molecule has 4 nitrogen and oxygen atoms in total. The summed E-state index contributed by atoms with van der Waals surface area (Å²) in [6.45, 7) is 0. The molecule has 0 aliphatic heterocycles. The summed E-state index contributed by atoms with van der Waals surface area (Å²) in [6, 6.07) is 15.9. The summed E-state index contributed by atoms with van der Waals surface area (Å²) < 4.78 is 0. The van der Waals surface area contributed by atoms with Crippen molar-refractivity contribution in [1.29, 1.82) is 0 Å². The molecule has 0 fully saturated rings. The highest BCUT2D eigenvalue weighted by Crippen LogP contribution is 2.20. The van der Waals surface area contributed by atoms with Crippen molar-refractivity contribution < 1.29 is 14.8 Å². The van der Waals surface area contributed by atoms with Gasteiger partial charge in [0.1, 0.15) is 0 Å². The predicted octanol–water partition coefficient (Wildman–Crippen LogP) is 1.08. The standard InChI is InChI=1S/C15H12BNO3/c18-15(10-5-2-1-3-6-10)11-7-4-8-13-12(11)9-14(17-13)16(19)20/h1-9,17,19-20H. The van der Waals surface area contributed by atoms with Gasteiger partial charge in [-0.05, 0) is 12.1 Å². The molecule has 3 rings (SSSR count). The first-order valence-electron chi connectivity index (χ1n) is 6.24. The fourth-order valence-corrected chi connectivity index (χ4v) is 2.26. The lowest BCUT2D eigenvalue weighted by molar-refractivity contribution is 0.104. The van der Waals surface area contributed by atoms with Gasteiger partial charge < -0.3 is 15.0 Å². The van der Waals surface area contributed by atoms with Crippen molar-refractivity contribution in [3.05, 3.63) is 65.7 Å². The number of ketones is 1. The number of hydrogen-bond donors (Lipinski definition) is 3. The second-order valence-corrected chi connectivity index (χ2v) is 4.56. The number of benzene rings is 2. The highest BCUT2D eigenvalue weighted by atomic mass is 16.4. The van der Waals surface area contributed by atoms with E-state index in [1.165, 1.54) is 0 Å². The molecule has 0 bridgehead atoms. The third-order valence-electron chi connectivity index (χ3n) is 3.24. The van der Waals surface area contributed by atoms with E-state index in [1.807, 2.05) is 18.2 Å². The van der Waals surface area contributed by atoms with E-state index in [9.17, 15) is 14.8 Å². The number of carbonyl (C=O) groups excluding carboxylic acids is 1. The molecular formula is C15H12BNO3. The summed E-state index contributed by atoms with van der Waals surface area (Å²) in [5, 5.41) is 19.1. The van der Waals surface area contributed by atoms with Crippen LogP contribution in [0.1, 0.15) is 15.9 Å². The van der Waals surface area contributed by atoms with Crippen molar-refractivity contribution in [2.75, 3.05) is 0 Å². The second-order valence-electron chi connectivity index (χ2n) is 4.56. The average molecular weight is 265 g/mol. The van der Waals surface area contributed by atoms with Gasteiger partial charge in [0.15, 0.2) is 5.78 Å². The number of aromatic nitrogens is 1. The van der Waals surface area contributed by atoms with Crippen LogP contribution in [0.15, 0.2) is 54.6 Å². The highest BCUT2D eigenvalue weighted by Gasteiger charge is 2.18. The van der Waals surface area contributed by atoms with Crippen molar-refractivity contribution in [2.45, 2.75) is 0 Å². The van der Waals surface area contributed by atoms with Crippen LogP contribution in [0.5, 0.6) is 0 Å². The molecule has 0 aliphatic carbocycles. The molecule has 1 aromatic heterocycles. The Hall–Kier alpha value is -2.37. The molecule has 0 spiro atoms. The predicted molar refractivity (Wildman–Crippen MR) is 78.0 cm³/mol. The Kier molecular flexibility index (Phi) is 3.14. The van der Waals surface area contributed by atoms with Crippen LogP contribution in [0.25, 0.3) is 10.9 Å². The molecule has 0 unspecified atom stereocenters. The molecule has 98 valence electrons. The number of H-pyrrole nitrogens is 1. The zero-order valence-electron chi connectivity index (χ0n) is 10.6. The van der Waals surface area contributed by atoms with Crippen molar-refractivity contribution in [3.63, 3.8) is 0 Å². The van der Waals surface area contributed by atoms with Crippen LogP contribution in [0, 0.1) is 0 Å².